The van der Waals surface area contributed by atoms with Gasteiger partial charge in [-0.1, -0.05) is 41.6 Å². The van der Waals surface area contributed by atoms with Crippen molar-refractivity contribution in [1.29, 1.82) is 0 Å². The zero-order chi connectivity index (χ0) is 13.5. The zero-order valence-corrected chi connectivity index (χ0v) is 12.5. The summed E-state index contributed by atoms with van der Waals surface area (Å²) in [7, 11) is 0. The fraction of sp³-hybridized carbons (Fsp3) is 0.533. The SMILES string of the molecule is Cc1ccc(C2=NN[C@]3(CCOC(C)(C)C3)S2)cc1. The van der Waals surface area contributed by atoms with Crippen molar-refractivity contribution in [1.82, 2.24) is 5.43 Å². The van der Waals surface area contributed by atoms with E-state index < -0.39 is 0 Å². The number of rotatable bonds is 1. The molecule has 0 bridgehead atoms. The summed E-state index contributed by atoms with van der Waals surface area (Å²) < 4.78 is 5.80. The molecule has 102 valence electrons. The van der Waals surface area contributed by atoms with Gasteiger partial charge in [-0.2, -0.15) is 5.10 Å². The van der Waals surface area contributed by atoms with Crippen LogP contribution in [0, 0.1) is 6.92 Å². The Balaban J connectivity index is 1.77. The largest absolute Gasteiger partial charge is 0.375 e. The van der Waals surface area contributed by atoms with Gasteiger partial charge >= 0.3 is 0 Å². The fourth-order valence-electron chi connectivity index (χ4n) is 2.70. The van der Waals surface area contributed by atoms with Gasteiger partial charge in [-0.3, -0.25) is 5.43 Å². The van der Waals surface area contributed by atoms with Gasteiger partial charge in [-0.05, 0) is 20.8 Å². The molecule has 1 aromatic rings. The van der Waals surface area contributed by atoms with Crippen LogP contribution < -0.4 is 5.43 Å². The van der Waals surface area contributed by atoms with Gasteiger partial charge in [0.2, 0.25) is 0 Å². The summed E-state index contributed by atoms with van der Waals surface area (Å²) in [5.74, 6) is 0. The number of thioether (sulfide) groups is 1. The lowest BCUT2D eigenvalue weighted by Crippen LogP contribution is -2.49. The van der Waals surface area contributed by atoms with Crippen LogP contribution in [0.5, 0.6) is 0 Å². The third-order valence-electron chi connectivity index (χ3n) is 3.66. The monoisotopic (exact) mass is 276 g/mol. The smallest absolute Gasteiger partial charge is 0.126 e. The van der Waals surface area contributed by atoms with Crippen molar-refractivity contribution in [3.8, 4) is 0 Å². The highest BCUT2D eigenvalue weighted by Gasteiger charge is 2.45. The molecule has 1 N–H and O–H groups in total. The number of aryl methyl sites for hydroxylation is 1. The van der Waals surface area contributed by atoms with Crippen molar-refractivity contribution in [2.75, 3.05) is 6.61 Å². The summed E-state index contributed by atoms with van der Waals surface area (Å²) in [6.07, 6.45) is 1.98. The first kappa shape index (κ1) is 13.0. The molecule has 3 nitrogen and oxygen atoms in total. The molecule has 1 fully saturated rings. The van der Waals surface area contributed by atoms with E-state index in [-0.39, 0.29) is 10.5 Å². The molecule has 1 aromatic carbocycles. The van der Waals surface area contributed by atoms with Crippen LogP contribution in [0.15, 0.2) is 29.4 Å². The van der Waals surface area contributed by atoms with Gasteiger partial charge in [0.05, 0.1) is 12.2 Å². The van der Waals surface area contributed by atoms with Gasteiger partial charge in [0.25, 0.3) is 0 Å². The highest BCUT2D eigenvalue weighted by molar-refractivity contribution is 8.15. The van der Waals surface area contributed by atoms with Gasteiger partial charge in [-0.15, -0.1) is 0 Å². The molecule has 2 aliphatic rings. The van der Waals surface area contributed by atoms with Crippen LogP contribution in [-0.2, 0) is 4.74 Å². The van der Waals surface area contributed by atoms with Crippen molar-refractivity contribution in [2.45, 2.75) is 44.1 Å². The van der Waals surface area contributed by atoms with Crippen LogP contribution in [0.2, 0.25) is 0 Å². The van der Waals surface area contributed by atoms with Gasteiger partial charge in [-0.25, -0.2) is 0 Å². The first-order valence-corrected chi connectivity index (χ1v) is 7.55. The Kier molecular flexibility index (Phi) is 3.10. The Hall–Kier alpha value is -1.00. The number of nitrogens with one attached hydrogen (secondary N) is 1. The van der Waals surface area contributed by atoms with E-state index >= 15 is 0 Å². The van der Waals surface area contributed by atoms with Gasteiger partial charge in [0.15, 0.2) is 0 Å². The van der Waals surface area contributed by atoms with E-state index in [9.17, 15) is 0 Å². The molecule has 0 amide bonds. The standard InChI is InChI=1S/C15H20N2OS/c1-11-4-6-12(7-5-11)13-16-17-15(19-13)8-9-18-14(2,3)10-15/h4-7,17H,8-10H2,1-3H3/t15-/m1/s1. The molecule has 4 heteroatoms. The van der Waals surface area contributed by atoms with E-state index in [1.807, 2.05) is 11.8 Å². The first-order chi connectivity index (χ1) is 8.98. The Morgan fingerprint density at radius 2 is 2.00 bits per heavy atom. The number of benzene rings is 1. The zero-order valence-electron chi connectivity index (χ0n) is 11.7. The van der Waals surface area contributed by atoms with Crippen LogP contribution >= 0.6 is 11.8 Å². The number of hydrogen-bond donors (Lipinski definition) is 1. The van der Waals surface area contributed by atoms with Crippen LogP contribution in [0.25, 0.3) is 0 Å². The molecule has 2 heterocycles. The summed E-state index contributed by atoms with van der Waals surface area (Å²) in [5.41, 5.74) is 5.77. The summed E-state index contributed by atoms with van der Waals surface area (Å²) in [6, 6.07) is 8.56. The van der Waals surface area contributed by atoms with E-state index in [1.54, 1.807) is 0 Å². The van der Waals surface area contributed by atoms with E-state index in [2.05, 4.69) is 55.6 Å². The first-order valence-electron chi connectivity index (χ1n) is 6.73. The van der Waals surface area contributed by atoms with Gasteiger partial charge < -0.3 is 4.74 Å². The fourth-order valence-corrected chi connectivity index (χ4v) is 4.12. The average molecular weight is 276 g/mol. The van der Waals surface area contributed by atoms with Crippen molar-refractivity contribution in [3.05, 3.63) is 35.4 Å². The Morgan fingerprint density at radius 3 is 2.68 bits per heavy atom. The highest BCUT2D eigenvalue weighted by Crippen LogP contribution is 2.44. The second kappa shape index (κ2) is 4.53. The molecule has 0 aliphatic carbocycles. The molecule has 0 aromatic heterocycles. The number of hydrazone groups is 1. The van der Waals surface area contributed by atoms with Gasteiger partial charge in [0.1, 0.15) is 9.91 Å². The quantitative estimate of drug-likeness (QED) is 0.854. The lowest BCUT2D eigenvalue weighted by atomic mass is 9.94. The topological polar surface area (TPSA) is 33.6 Å². The molecular formula is C15H20N2OS. The maximum absolute atomic E-state index is 5.80. The van der Waals surface area contributed by atoms with E-state index in [0.29, 0.717) is 0 Å². The Bertz CT molecular complexity index is 509. The van der Waals surface area contributed by atoms with Crippen molar-refractivity contribution < 1.29 is 4.74 Å². The molecule has 1 saturated heterocycles. The number of nitrogens with zero attached hydrogens (tertiary/aromatic N) is 1. The van der Waals surface area contributed by atoms with Gasteiger partial charge in [0, 0.05) is 18.4 Å². The molecule has 0 unspecified atom stereocenters. The van der Waals surface area contributed by atoms with Crippen LogP contribution in [0.4, 0.5) is 0 Å². The van der Waals surface area contributed by atoms with Crippen molar-refractivity contribution in [2.24, 2.45) is 5.10 Å². The molecular weight excluding hydrogens is 256 g/mol. The van der Waals surface area contributed by atoms with E-state index in [1.165, 1.54) is 11.1 Å². The minimum Gasteiger partial charge on any atom is -0.375 e. The number of hydrogen-bond acceptors (Lipinski definition) is 4. The summed E-state index contributed by atoms with van der Waals surface area (Å²) in [5, 5.41) is 5.65. The van der Waals surface area contributed by atoms with E-state index in [4.69, 9.17) is 4.74 Å². The minimum absolute atomic E-state index is 0.0158. The average Bonchev–Trinajstić information content (AvgIpc) is 2.72. The lowest BCUT2D eigenvalue weighted by Gasteiger charge is -2.41. The lowest BCUT2D eigenvalue weighted by molar-refractivity contribution is -0.0683. The highest BCUT2D eigenvalue weighted by atomic mass is 32.2. The van der Waals surface area contributed by atoms with Crippen molar-refractivity contribution in [3.63, 3.8) is 0 Å². The molecule has 19 heavy (non-hydrogen) atoms. The second-order valence-corrected chi connectivity index (χ2v) is 7.40. The molecule has 2 aliphatic heterocycles. The van der Waals surface area contributed by atoms with Crippen LogP contribution in [-0.4, -0.2) is 22.1 Å². The maximum Gasteiger partial charge on any atom is 0.126 e. The third kappa shape index (κ3) is 2.65. The van der Waals surface area contributed by atoms with Crippen LogP contribution in [0.1, 0.15) is 37.8 Å². The molecule has 1 spiro atoms. The van der Waals surface area contributed by atoms with Crippen LogP contribution in [0.3, 0.4) is 0 Å². The predicted octanol–water partition coefficient (Wildman–Crippen LogP) is 3.28. The maximum atomic E-state index is 5.80. The number of ether oxygens (including phenoxy) is 1. The third-order valence-corrected chi connectivity index (χ3v) is 5.01. The Labute approximate surface area is 118 Å². The summed E-state index contributed by atoms with van der Waals surface area (Å²) in [6.45, 7) is 7.21. The Morgan fingerprint density at radius 1 is 1.26 bits per heavy atom. The molecule has 0 radical (unpaired) electrons. The predicted molar refractivity (Wildman–Crippen MR) is 80.4 cm³/mol. The molecule has 0 saturated carbocycles. The molecule has 3 rings (SSSR count). The normalized spacial score (nSPS) is 29.1. The minimum atomic E-state index is -0.0729. The van der Waals surface area contributed by atoms with Crippen molar-refractivity contribution >= 4 is 16.8 Å². The summed E-state index contributed by atoms with van der Waals surface area (Å²) >= 11 is 1.85. The molecule has 1 atom stereocenters. The van der Waals surface area contributed by atoms with E-state index in [0.717, 1.165) is 24.5 Å². The second-order valence-electron chi connectivity index (χ2n) is 6.03. The summed E-state index contributed by atoms with van der Waals surface area (Å²) in [4.78, 5) is 0.0158.